The third kappa shape index (κ3) is 65.4. The molecule has 0 rings (SSSR count). The van der Waals surface area contributed by atoms with Gasteiger partial charge in [-0.3, -0.25) is 37.3 Å². The number of ether oxygens (including phenoxy) is 4. The van der Waals surface area contributed by atoms with Crippen LogP contribution >= 0.6 is 15.6 Å². The van der Waals surface area contributed by atoms with Crippen molar-refractivity contribution in [2.45, 2.75) is 388 Å². The highest BCUT2D eigenvalue weighted by atomic mass is 31.2. The molecule has 17 nitrogen and oxygen atoms in total. The topological polar surface area (TPSA) is 237 Å². The maximum absolute atomic E-state index is 13.1. The number of hydrogen-bond donors (Lipinski definition) is 3. The number of carbonyl (C=O) groups is 4. The summed E-state index contributed by atoms with van der Waals surface area (Å²) in [6, 6.07) is 0. The first-order valence-corrected chi connectivity index (χ1v) is 40.9. The molecule has 0 aromatic carbocycles. The molecule has 0 aromatic rings. The second-order valence-electron chi connectivity index (χ2n) is 27.5. The fourth-order valence-electron chi connectivity index (χ4n) is 11.0. The molecule has 6 atom stereocenters. The first-order valence-electron chi connectivity index (χ1n) is 37.9. The molecule has 3 N–H and O–H groups in total. The van der Waals surface area contributed by atoms with Crippen LogP contribution in [0.2, 0.25) is 0 Å². The van der Waals surface area contributed by atoms with Crippen LogP contribution in [-0.4, -0.2) is 96.7 Å². The van der Waals surface area contributed by atoms with E-state index in [-0.39, 0.29) is 25.7 Å². The lowest BCUT2D eigenvalue weighted by molar-refractivity contribution is -0.161. The van der Waals surface area contributed by atoms with Gasteiger partial charge in [0, 0.05) is 25.7 Å². The van der Waals surface area contributed by atoms with Gasteiger partial charge in [-0.2, -0.15) is 0 Å². The van der Waals surface area contributed by atoms with Gasteiger partial charge >= 0.3 is 39.5 Å². The van der Waals surface area contributed by atoms with Gasteiger partial charge in [-0.1, -0.05) is 318 Å². The van der Waals surface area contributed by atoms with Crippen molar-refractivity contribution in [1.82, 2.24) is 0 Å². The SMILES string of the molecule is CCCCCCCCCCCCCCC(=O)O[C@H](COC(=O)CCCCCCCCC(C)CC)COP(=O)(O)OC[C@H](O)COP(=O)(O)OC[C@@H](COC(=O)CCCCCCCCCCCCCCC(C)C)OC(=O)CCCCCCCCCCCCCCC(C)C. The van der Waals surface area contributed by atoms with E-state index >= 15 is 0 Å². The summed E-state index contributed by atoms with van der Waals surface area (Å²) in [6.45, 7) is 11.9. The number of aliphatic hydroxyl groups is 1. The van der Waals surface area contributed by atoms with Crippen LogP contribution in [0.5, 0.6) is 0 Å². The van der Waals surface area contributed by atoms with Crippen LogP contribution in [0, 0.1) is 17.8 Å². The smallest absolute Gasteiger partial charge is 0.462 e. The molecule has 0 fully saturated rings. The Kier molecular flexibility index (Phi) is 62.4. The summed E-state index contributed by atoms with van der Waals surface area (Å²) in [5.74, 6) is 0.168. The van der Waals surface area contributed by atoms with Gasteiger partial charge in [-0.25, -0.2) is 9.13 Å². The molecule has 546 valence electrons. The van der Waals surface area contributed by atoms with E-state index in [9.17, 15) is 43.2 Å². The molecule has 0 amide bonds. The Morgan fingerprint density at radius 1 is 0.315 bits per heavy atom. The molecule has 0 aliphatic heterocycles. The zero-order valence-electron chi connectivity index (χ0n) is 60.0. The lowest BCUT2D eigenvalue weighted by Gasteiger charge is -2.21. The van der Waals surface area contributed by atoms with Crippen molar-refractivity contribution in [3.63, 3.8) is 0 Å². The Balaban J connectivity index is 5.26. The van der Waals surface area contributed by atoms with E-state index in [1.807, 2.05) is 0 Å². The minimum absolute atomic E-state index is 0.106. The maximum Gasteiger partial charge on any atom is 0.472 e. The molecular formula is C73H142O17P2. The molecule has 19 heteroatoms. The third-order valence-corrected chi connectivity index (χ3v) is 19.1. The van der Waals surface area contributed by atoms with Crippen molar-refractivity contribution < 1.29 is 80.2 Å². The Morgan fingerprint density at radius 3 is 0.826 bits per heavy atom. The van der Waals surface area contributed by atoms with Crippen molar-refractivity contribution in [1.29, 1.82) is 0 Å². The first kappa shape index (κ1) is 90.1. The minimum atomic E-state index is -4.96. The van der Waals surface area contributed by atoms with E-state index in [0.29, 0.717) is 25.7 Å². The van der Waals surface area contributed by atoms with E-state index in [0.717, 1.165) is 114 Å². The number of hydrogen-bond acceptors (Lipinski definition) is 15. The fraction of sp³-hybridized carbons (Fsp3) is 0.945. The monoisotopic (exact) mass is 1350 g/mol. The number of rotatable bonds is 71. The van der Waals surface area contributed by atoms with Crippen molar-refractivity contribution in [2.75, 3.05) is 39.6 Å². The molecular weight excluding hydrogens is 1210 g/mol. The summed E-state index contributed by atoms with van der Waals surface area (Å²) in [5.41, 5.74) is 0. The molecule has 0 saturated carbocycles. The summed E-state index contributed by atoms with van der Waals surface area (Å²) in [6.07, 6.45) is 48.5. The molecule has 92 heavy (non-hydrogen) atoms. The maximum atomic E-state index is 13.1. The normalized spacial score (nSPS) is 14.4. The molecule has 0 aliphatic rings. The van der Waals surface area contributed by atoms with Crippen molar-refractivity contribution >= 4 is 39.5 Å². The number of unbranched alkanes of at least 4 members (excludes halogenated alkanes) is 38. The number of carbonyl (C=O) groups excluding carboxylic acids is 4. The highest BCUT2D eigenvalue weighted by Gasteiger charge is 2.30. The molecule has 0 aliphatic carbocycles. The highest BCUT2D eigenvalue weighted by molar-refractivity contribution is 7.47. The van der Waals surface area contributed by atoms with Gasteiger partial charge in [0.25, 0.3) is 0 Å². The Bertz CT molecular complexity index is 1800. The van der Waals surface area contributed by atoms with Crippen LogP contribution in [0.15, 0.2) is 0 Å². The second kappa shape index (κ2) is 63.8. The van der Waals surface area contributed by atoms with Gasteiger partial charge in [-0.15, -0.1) is 0 Å². The van der Waals surface area contributed by atoms with E-state index in [2.05, 4.69) is 48.5 Å². The lowest BCUT2D eigenvalue weighted by Crippen LogP contribution is -2.30. The van der Waals surface area contributed by atoms with Crippen LogP contribution in [0.1, 0.15) is 370 Å². The summed E-state index contributed by atoms with van der Waals surface area (Å²) >= 11 is 0. The number of phosphoric ester groups is 2. The first-order chi connectivity index (χ1) is 44.3. The van der Waals surface area contributed by atoms with E-state index < -0.39 is 97.5 Å². The summed E-state index contributed by atoms with van der Waals surface area (Å²) < 4.78 is 68.4. The quantitative estimate of drug-likeness (QED) is 0.0222. The molecule has 0 heterocycles. The Labute approximate surface area is 562 Å². The molecule has 0 radical (unpaired) electrons. The third-order valence-electron chi connectivity index (χ3n) is 17.2. The van der Waals surface area contributed by atoms with E-state index in [1.165, 1.54) is 173 Å². The predicted octanol–water partition coefficient (Wildman–Crippen LogP) is 21.0. The van der Waals surface area contributed by atoms with Crippen LogP contribution in [0.4, 0.5) is 0 Å². The highest BCUT2D eigenvalue weighted by Crippen LogP contribution is 2.45. The summed E-state index contributed by atoms with van der Waals surface area (Å²) in [5, 5.41) is 10.6. The lowest BCUT2D eigenvalue weighted by atomic mass is 10.00. The van der Waals surface area contributed by atoms with E-state index in [1.54, 1.807) is 0 Å². The summed E-state index contributed by atoms with van der Waals surface area (Å²) in [4.78, 5) is 72.7. The molecule has 0 saturated heterocycles. The van der Waals surface area contributed by atoms with Crippen molar-refractivity contribution in [3.05, 3.63) is 0 Å². The van der Waals surface area contributed by atoms with Gasteiger partial charge in [0.2, 0.25) is 0 Å². The Morgan fingerprint density at radius 2 is 0.554 bits per heavy atom. The summed E-state index contributed by atoms with van der Waals surface area (Å²) in [7, 11) is -9.91. The number of esters is 4. The van der Waals surface area contributed by atoms with E-state index in [4.69, 9.17) is 37.0 Å². The second-order valence-corrected chi connectivity index (χ2v) is 30.4. The van der Waals surface area contributed by atoms with Gasteiger partial charge < -0.3 is 33.8 Å². The van der Waals surface area contributed by atoms with Crippen LogP contribution in [0.3, 0.4) is 0 Å². The zero-order valence-corrected chi connectivity index (χ0v) is 61.8. The Hall–Kier alpha value is -1.94. The zero-order chi connectivity index (χ0) is 68.0. The van der Waals surface area contributed by atoms with Crippen LogP contribution < -0.4 is 0 Å². The minimum Gasteiger partial charge on any atom is -0.462 e. The largest absolute Gasteiger partial charge is 0.472 e. The van der Waals surface area contributed by atoms with Crippen molar-refractivity contribution in [3.8, 4) is 0 Å². The van der Waals surface area contributed by atoms with Crippen molar-refractivity contribution in [2.24, 2.45) is 17.8 Å². The predicted molar refractivity (Wildman–Crippen MR) is 372 cm³/mol. The molecule has 0 aromatic heterocycles. The van der Waals surface area contributed by atoms with Crippen LogP contribution in [-0.2, 0) is 65.4 Å². The fourth-order valence-corrected chi connectivity index (χ4v) is 12.6. The van der Waals surface area contributed by atoms with Gasteiger partial charge in [0.15, 0.2) is 12.2 Å². The molecule has 0 bridgehead atoms. The molecule has 3 unspecified atom stereocenters. The van der Waals surface area contributed by atoms with Gasteiger partial charge in [0.1, 0.15) is 19.3 Å². The van der Waals surface area contributed by atoms with Gasteiger partial charge in [0.05, 0.1) is 26.4 Å². The standard InChI is InChI=1S/C73H142O17P2/c1-8-10-11-12-13-14-15-22-28-33-42-49-56-72(77)90-69(61-84-71(76)55-48-41-36-35-39-46-53-66(7)9-2)63-88-92(81,82)86-59-67(74)58-85-91(79,80)87-62-68(89-73(78)57-50-43-34-29-24-19-17-21-26-31-38-45-52-65(5)6)60-83-70(75)54-47-40-32-27-23-18-16-20-25-30-37-44-51-64(3)4/h64-69,74H,8-63H2,1-7H3,(H,79,80)(H,81,82)/t66?,67-,68-,69-/m1/s1. The van der Waals surface area contributed by atoms with Crippen LogP contribution in [0.25, 0.3) is 0 Å². The average Bonchev–Trinajstić information content (AvgIpc) is 1.45. The number of phosphoric acid groups is 2. The molecule has 0 spiro atoms. The average molecular weight is 1350 g/mol. The van der Waals surface area contributed by atoms with Gasteiger partial charge in [-0.05, 0) is 43.4 Å². The number of aliphatic hydroxyl groups excluding tert-OH is 1.